The molecule has 0 atom stereocenters. The summed E-state index contributed by atoms with van der Waals surface area (Å²) >= 11 is 6.14. The number of pyridine rings is 1. The zero-order chi connectivity index (χ0) is 21.3. The molecule has 29 heavy (non-hydrogen) atoms. The van der Waals surface area contributed by atoms with Crippen LogP contribution in [0, 0.1) is 25.2 Å². The summed E-state index contributed by atoms with van der Waals surface area (Å²) in [5.41, 5.74) is 1.18. The van der Waals surface area contributed by atoms with Gasteiger partial charge in [-0.05, 0) is 43.7 Å². The number of phenolic OH excluding ortho intramolecular Hbond substituents is 1. The van der Waals surface area contributed by atoms with Crippen LogP contribution in [-0.2, 0) is 0 Å². The van der Waals surface area contributed by atoms with Crippen molar-refractivity contribution in [2.45, 2.75) is 13.8 Å². The van der Waals surface area contributed by atoms with Gasteiger partial charge in [-0.15, -0.1) is 0 Å². The monoisotopic (exact) mass is 408 g/mol. The molecule has 1 heterocycles. The number of phenols is 1. The predicted octanol–water partition coefficient (Wildman–Crippen LogP) is 3.92. The highest BCUT2D eigenvalue weighted by Gasteiger charge is 2.19. The van der Waals surface area contributed by atoms with Gasteiger partial charge in [0, 0.05) is 22.8 Å². The van der Waals surface area contributed by atoms with Gasteiger partial charge in [0.15, 0.2) is 5.78 Å². The second kappa shape index (κ2) is 7.82. The first-order valence-corrected chi connectivity index (χ1v) is 9.00. The van der Waals surface area contributed by atoms with Crippen molar-refractivity contribution in [2.75, 3.05) is 7.11 Å². The van der Waals surface area contributed by atoms with Crippen molar-refractivity contribution in [1.82, 2.24) is 4.57 Å². The third kappa shape index (κ3) is 3.73. The fraction of sp³-hybridized carbons (Fsp3) is 0.136. The fourth-order valence-corrected chi connectivity index (χ4v) is 3.11. The summed E-state index contributed by atoms with van der Waals surface area (Å²) in [6, 6.07) is 10.9. The van der Waals surface area contributed by atoms with Gasteiger partial charge in [0.05, 0.1) is 18.4 Å². The lowest BCUT2D eigenvalue weighted by atomic mass is 10.0. The van der Waals surface area contributed by atoms with E-state index in [1.165, 1.54) is 30.0 Å². The standard InChI is InChI=1S/C22H17ClN2O4/c1-12-4-5-19(26)16(6-12)21(27)15-8-14(10-24)22(28)25(11-15)18-7-13(2)17(23)9-20(18)29-3/h4-9,11,26H,1-3H3. The van der Waals surface area contributed by atoms with Crippen LogP contribution < -0.4 is 10.3 Å². The molecule has 0 amide bonds. The van der Waals surface area contributed by atoms with E-state index >= 15 is 0 Å². The molecule has 0 aliphatic rings. The van der Waals surface area contributed by atoms with E-state index < -0.39 is 11.3 Å². The van der Waals surface area contributed by atoms with Crippen LogP contribution >= 0.6 is 11.6 Å². The number of nitrogens with zero attached hydrogens (tertiary/aromatic N) is 2. The number of benzene rings is 2. The summed E-state index contributed by atoms with van der Waals surface area (Å²) in [6.45, 7) is 3.56. The number of hydrogen-bond donors (Lipinski definition) is 1. The molecule has 3 rings (SSSR count). The Morgan fingerprint density at radius 3 is 2.59 bits per heavy atom. The molecule has 0 aliphatic carbocycles. The van der Waals surface area contributed by atoms with E-state index in [0.29, 0.717) is 22.0 Å². The zero-order valence-corrected chi connectivity index (χ0v) is 16.7. The van der Waals surface area contributed by atoms with Crippen LogP contribution in [0.15, 0.2) is 47.4 Å². The van der Waals surface area contributed by atoms with E-state index in [1.54, 1.807) is 38.1 Å². The minimum atomic E-state index is -0.600. The van der Waals surface area contributed by atoms with E-state index in [2.05, 4.69) is 0 Å². The number of aromatic nitrogens is 1. The van der Waals surface area contributed by atoms with Gasteiger partial charge >= 0.3 is 0 Å². The maximum Gasteiger partial charge on any atom is 0.273 e. The summed E-state index contributed by atoms with van der Waals surface area (Å²) in [5, 5.41) is 20.0. The summed E-state index contributed by atoms with van der Waals surface area (Å²) in [5.74, 6) is -0.382. The molecular formula is C22H17ClN2O4. The quantitative estimate of drug-likeness (QED) is 0.660. The fourth-order valence-electron chi connectivity index (χ4n) is 2.95. The average Bonchev–Trinajstić information content (AvgIpc) is 2.71. The first-order chi connectivity index (χ1) is 13.8. The Kier molecular flexibility index (Phi) is 5.44. The molecule has 146 valence electrons. The number of aryl methyl sites for hydroxylation is 2. The van der Waals surface area contributed by atoms with Crippen molar-refractivity contribution >= 4 is 17.4 Å². The van der Waals surface area contributed by atoms with Crippen LogP contribution in [0.25, 0.3) is 5.69 Å². The molecule has 0 unspecified atom stereocenters. The Bertz CT molecular complexity index is 1240. The van der Waals surface area contributed by atoms with Gasteiger partial charge in [-0.1, -0.05) is 23.2 Å². The second-order valence-electron chi connectivity index (χ2n) is 6.55. The molecule has 0 radical (unpaired) electrons. The molecule has 0 saturated carbocycles. The maximum absolute atomic E-state index is 13.0. The van der Waals surface area contributed by atoms with Gasteiger partial charge < -0.3 is 9.84 Å². The number of rotatable bonds is 4. The summed E-state index contributed by atoms with van der Waals surface area (Å²) in [4.78, 5) is 25.8. The van der Waals surface area contributed by atoms with Gasteiger partial charge in [0.2, 0.25) is 0 Å². The van der Waals surface area contributed by atoms with Gasteiger partial charge in [0.25, 0.3) is 5.56 Å². The van der Waals surface area contributed by atoms with Gasteiger partial charge in [-0.2, -0.15) is 5.26 Å². The van der Waals surface area contributed by atoms with E-state index in [4.69, 9.17) is 16.3 Å². The second-order valence-corrected chi connectivity index (χ2v) is 6.96. The number of halogens is 1. The van der Waals surface area contributed by atoms with Gasteiger partial charge in [0.1, 0.15) is 23.1 Å². The van der Waals surface area contributed by atoms with Crippen LogP contribution in [0.4, 0.5) is 0 Å². The van der Waals surface area contributed by atoms with Crippen LogP contribution in [0.5, 0.6) is 11.5 Å². The lowest BCUT2D eigenvalue weighted by Gasteiger charge is -2.15. The van der Waals surface area contributed by atoms with Crippen molar-refractivity contribution in [3.05, 3.63) is 85.8 Å². The number of carbonyl (C=O) groups excluding carboxylic acids is 1. The minimum absolute atomic E-state index is 0.0803. The molecule has 1 aromatic heterocycles. The van der Waals surface area contributed by atoms with Gasteiger partial charge in [-0.3, -0.25) is 14.2 Å². The minimum Gasteiger partial charge on any atom is -0.507 e. The smallest absolute Gasteiger partial charge is 0.273 e. The van der Waals surface area contributed by atoms with Crippen LogP contribution in [0.3, 0.4) is 0 Å². The molecule has 0 aliphatic heterocycles. The first-order valence-electron chi connectivity index (χ1n) is 8.62. The Morgan fingerprint density at radius 1 is 1.21 bits per heavy atom. The third-order valence-electron chi connectivity index (χ3n) is 4.52. The molecule has 0 bridgehead atoms. The van der Waals surface area contributed by atoms with E-state index in [0.717, 1.165) is 5.56 Å². The number of methoxy groups -OCH3 is 1. The van der Waals surface area contributed by atoms with Crippen molar-refractivity contribution in [3.63, 3.8) is 0 Å². The van der Waals surface area contributed by atoms with Crippen molar-refractivity contribution in [3.8, 4) is 23.3 Å². The highest BCUT2D eigenvalue weighted by Crippen LogP contribution is 2.30. The van der Waals surface area contributed by atoms with Crippen LogP contribution in [0.1, 0.15) is 32.6 Å². The molecule has 6 nitrogen and oxygen atoms in total. The zero-order valence-electron chi connectivity index (χ0n) is 16.0. The lowest BCUT2D eigenvalue weighted by Crippen LogP contribution is -2.23. The molecule has 0 saturated heterocycles. The van der Waals surface area contributed by atoms with E-state index in [-0.39, 0.29) is 22.4 Å². The van der Waals surface area contributed by atoms with Crippen molar-refractivity contribution in [1.29, 1.82) is 5.26 Å². The Morgan fingerprint density at radius 2 is 1.93 bits per heavy atom. The first kappa shape index (κ1) is 20.2. The topological polar surface area (TPSA) is 92.3 Å². The predicted molar refractivity (Wildman–Crippen MR) is 109 cm³/mol. The summed E-state index contributed by atoms with van der Waals surface area (Å²) in [7, 11) is 1.43. The van der Waals surface area contributed by atoms with Crippen LogP contribution in [-0.4, -0.2) is 22.6 Å². The molecule has 3 aromatic rings. The molecule has 7 heteroatoms. The normalized spacial score (nSPS) is 10.4. The number of nitriles is 1. The summed E-state index contributed by atoms with van der Waals surface area (Å²) in [6.07, 6.45) is 1.33. The largest absolute Gasteiger partial charge is 0.507 e. The Balaban J connectivity index is 2.28. The number of carbonyl (C=O) groups is 1. The van der Waals surface area contributed by atoms with Gasteiger partial charge in [-0.25, -0.2) is 0 Å². The summed E-state index contributed by atoms with van der Waals surface area (Å²) < 4.78 is 6.51. The Hall–Kier alpha value is -3.56. The molecular weight excluding hydrogens is 392 g/mol. The SMILES string of the molecule is COc1cc(Cl)c(C)cc1-n1cc(C(=O)c2cc(C)ccc2O)cc(C#N)c1=O. The average molecular weight is 409 g/mol. The number of ketones is 1. The number of ether oxygens (including phenoxy) is 1. The van der Waals surface area contributed by atoms with Crippen molar-refractivity contribution in [2.24, 2.45) is 0 Å². The number of hydrogen-bond acceptors (Lipinski definition) is 5. The highest BCUT2D eigenvalue weighted by molar-refractivity contribution is 6.31. The maximum atomic E-state index is 13.0. The molecule has 0 spiro atoms. The molecule has 0 fully saturated rings. The van der Waals surface area contributed by atoms with Crippen molar-refractivity contribution < 1.29 is 14.6 Å². The number of aromatic hydroxyl groups is 1. The Labute approximate surface area is 172 Å². The van der Waals surface area contributed by atoms with E-state index in [1.807, 2.05) is 6.07 Å². The van der Waals surface area contributed by atoms with E-state index in [9.17, 15) is 20.0 Å². The molecule has 1 N–H and O–H groups in total. The highest BCUT2D eigenvalue weighted by atomic mass is 35.5. The molecule has 2 aromatic carbocycles. The van der Waals surface area contributed by atoms with Crippen LogP contribution in [0.2, 0.25) is 5.02 Å². The third-order valence-corrected chi connectivity index (χ3v) is 4.92. The lowest BCUT2D eigenvalue weighted by molar-refractivity contribution is 0.103.